The van der Waals surface area contributed by atoms with Gasteiger partial charge in [0.15, 0.2) is 0 Å². The van der Waals surface area contributed by atoms with E-state index in [-0.39, 0.29) is 17.5 Å². The lowest BCUT2D eigenvalue weighted by atomic mass is 9.76. The number of esters is 1. The zero-order chi connectivity index (χ0) is 12.3. The van der Waals surface area contributed by atoms with Gasteiger partial charge in [0.25, 0.3) is 0 Å². The number of carbonyl (C=O) groups is 1. The van der Waals surface area contributed by atoms with Crippen molar-refractivity contribution in [3.63, 3.8) is 0 Å². The Bertz CT molecular complexity index is 263. The van der Waals surface area contributed by atoms with Crippen LogP contribution in [0.3, 0.4) is 0 Å². The van der Waals surface area contributed by atoms with Crippen LogP contribution in [-0.4, -0.2) is 25.2 Å². The Kier molecular flexibility index (Phi) is 4.08. The van der Waals surface area contributed by atoms with Gasteiger partial charge in [-0.15, -0.1) is 0 Å². The van der Waals surface area contributed by atoms with Gasteiger partial charge in [0.1, 0.15) is 6.10 Å². The first kappa shape index (κ1) is 12.9. The average molecular weight is 239 g/mol. The van der Waals surface area contributed by atoms with Crippen LogP contribution in [0.25, 0.3) is 0 Å². The second-order valence-corrected chi connectivity index (χ2v) is 5.90. The molecule has 1 aliphatic heterocycles. The molecule has 0 aromatic rings. The van der Waals surface area contributed by atoms with Gasteiger partial charge in [-0.3, -0.25) is 4.79 Å². The molecule has 0 aromatic heterocycles. The first-order valence-corrected chi connectivity index (χ1v) is 7.07. The van der Waals surface area contributed by atoms with Gasteiger partial charge in [0.2, 0.25) is 0 Å². The lowest BCUT2D eigenvalue weighted by Gasteiger charge is -2.33. The molecular formula is C14H25NO2. The van der Waals surface area contributed by atoms with Crippen LogP contribution in [-0.2, 0) is 9.53 Å². The molecule has 0 radical (unpaired) electrons. The highest BCUT2D eigenvalue weighted by atomic mass is 16.5. The monoisotopic (exact) mass is 239 g/mol. The molecule has 1 aliphatic carbocycles. The summed E-state index contributed by atoms with van der Waals surface area (Å²) in [5.74, 6) is 0.401. The summed E-state index contributed by atoms with van der Waals surface area (Å²) in [5.41, 5.74) is -0.266. The van der Waals surface area contributed by atoms with Crippen molar-refractivity contribution >= 4 is 5.97 Å². The van der Waals surface area contributed by atoms with Crippen molar-refractivity contribution in [1.29, 1.82) is 0 Å². The summed E-state index contributed by atoms with van der Waals surface area (Å²) in [6, 6.07) is 0. The fourth-order valence-electron chi connectivity index (χ4n) is 3.07. The van der Waals surface area contributed by atoms with Crippen LogP contribution in [0.15, 0.2) is 0 Å². The zero-order valence-electron chi connectivity index (χ0n) is 11.1. The highest BCUT2D eigenvalue weighted by molar-refractivity contribution is 5.78. The van der Waals surface area contributed by atoms with Gasteiger partial charge in [-0.25, -0.2) is 0 Å². The van der Waals surface area contributed by atoms with Crippen molar-refractivity contribution in [2.75, 3.05) is 13.1 Å². The number of rotatable bonds is 3. The average Bonchev–Trinajstić information content (AvgIpc) is 2.80. The Labute approximate surface area is 104 Å². The number of hydrogen-bond donors (Lipinski definition) is 1. The normalized spacial score (nSPS) is 30.8. The first-order chi connectivity index (χ1) is 8.15. The van der Waals surface area contributed by atoms with Crippen molar-refractivity contribution < 1.29 is 9.53 Å². The summed E-state index contributed by atoms with van der Waals surface area (Å²) < 4.78 is 5.76. The van der Waals surface area contributed by atoms with Crippen LogP contribution < -0.4 is 5.32 Å². The standard InChI is InChI=1S/C14H25NO2/c1-11(2)14(8-9-15-10-14)13(16)17-12-6-4-3-5-7-12/h11-12,15H,3-10H2,1-2H3. The van der Waals surface area contributed by atoms with Crippen LogP contribution in [0, 0.1) is 11.3 Å². The summed E-state index contributed by atoms with van der Waals surface area (Å²) in [5, 5.41) is 3.31. The molecule has 1 saturated heterocycles. The predicted molar refractivity (Wildman–Crippen MR) is 67.7 cm³/mol. The van der Waals surface area contributed by atoms with E-state index in [2.05, 4.69) is 19.2 Å². The highest BCUT2D eigenvalue weighted by Crippen LogP contribution is 2.36. The second-order valence-electron chi connectivity index (χ2n) is 5.90. The van der Waals surface area contributed by atoms with Gasteiger partial charge < -0.3 is 10.1 Å². The lowest BCUT2D eigenvalue weighted by Crippen LogP contribution is -2.41. The maximum absolute atomic E-state index is 12.4. The van der Waals surface area contributed by atoms with Gasteiger partial charge in [0, 0.05) is 6.54 Å². The van der Waals surface area contributed by atoms with E-state index in [1.165, 1.54) is 19.3 Å². The SMILES string of the molecule is CC(C)C1(C(=O)OC2CCCCC2)CCNC1. The van der Waals surface area contributed by atoms with Crippen LogP contribution in [0.2, 0.25) is 0 Å². The van der Waals surface area contributed by atoms with Crippen molar-refractivity contribution in [1.82, 2.24) is 5.32 Å². The molecule has 2 rings (SSSR count). The van der Waals surface area contributed by atoms with E-state index in [0.717, 1.165) is 32.4 Å². The molecule has 0 aromatic carbocycles. The Morgan fingerprint density at radius 3 is 2.53 bits per heavy atom. The van der Waals surface area contributed by atoms with Gasteiger partial charge in [-0.05, 0) is 44.6 Å². The van der Waals surface area contributed by atoms with E-state index >= 15 is 0 Å². The van der Waals surface area contributed by atoms with Crippen LogP contribution in [0.4, 0.5) is 0 Å². The number of hydrogen-bond acceptors (Lipinski definition) is 3. The number of nitrogens with one attached hydrogen (secondary N) is 1. The molecule has 3 nitrogen and oxygen atoms in total. The third-order valence-electron chi connectivity index (χ3n) is 4.53. The molecule has 17 heavy (non-hydrogen) atoms. The summed E-state index contributed by atoms with van der Waals surface area (Å²) in [6.45, 7) is 6.00. The van der Waals surface area contributed by atoms with Crippen molar-refractivity contribution in [2.24, 2.45) is 11.3 Å². The lowest BCUT2D eigenvalue weighted by molar-refractivity contribution is -0.164. The molecular weight excluding hydrogens is 214 g/mol. The second kappa shape index (κ2) is 5.38. The summed E-state index contributed by atoms with van der Waals surface area (Å²) in [6.07, 6.45) is 6.96. The largest absolute Gasteiger partial charge is 0.462 e. The minimum Gasteiger partial charge on any atom is -0.462 e. The van der Waals surface area contributed by atoms with E-state index in [0.29, 0.717) is 5.92 Å². The topological polar surface area (TPSA) is 38.3 Å². The predicted octanol–water partition coefficient (Wildman–Crippen LogP) is 2.50. The molecule has 1 unspecified atom stereocenters. The molecule has 0 bridgehead atoms. The van der Waals surface area contributed by atoms with E-state index in [4.69, 9.17) is 4.74 Å². The van der Waals surface area contributed by atoms with E-state index < -0.39 is 0 Å². The Balaban J connectivity index is 1.96. The first-order valence-electron chi connectivity index (χ1n) is 7.07. The van der Waals surface area contributed by atoms with Gasteiger partial charge in [-0.1, -0.05) is 20.3 Å². The third kappa shape index (κ3) is 2.65. The fourth-order valence-corrected chi connectivity index (χ4v) is 3.07. The molecule has 1 heterocycles. The summed E-state index contributed by atoms with van der Waals surface area (Å²) in [4.78, 5) is 12.4. The minimum atomic E-state index is -0.266. The van der Waals surface area contributed by atoms with Crippen LogP contribution in [0.5, 0.6) is 0 Å². The third-order valence-corrected chi connectivity index (χ3v) is 4.53. The molecule has 2 fully saturated rings. The fraction of sp³-hybridized carbons (Fsp3) is 0.929. The van der Waals surface area contributed by atoms with E-state index in [9.17, 15) is 4.79 Å². The summed E-state index contributed by atoms with van der Waals surface area (Å²) >= 11 is 0. The van der Waals surface area contributed by atoms with Crippen molar-refractivity contribution in [3.8, 4) is 0 Å². The van der Waals surface area contributed by atoms with Gasteiger partial charge in [0.05, 0.1) is 5.41 Å². The van der Waals surface area contributed by atoms with Crippen molar-refractivity contribution in [2.45, 2.75) is 58.5 Å². The van der Waals surface area contributed by atoms with Gasteiger partial charge in [-0.2, -0.15) is 0 Å². The Morgan fingerprint density at radius 1 is 1.29 bits per heavy atom. The zero-order valence-corrected chi connectivity index (χ0v) is 11.1. The number of ether oxygens (including phenoxy) is 1. The Morgan fingerprint density at radius 2 is 2.00 bits per heavy atom. The summed E-state index contributed by atoms with van der Waals surface area (Å²) in [7, 11) is 0. The minimum absolute atomic E-state index is 0.0457. The van der Waals surface area contributed by atoms with Crippen molar-refractivity contribution in [3.05, 3.63) is 0 Å². The molecule has 3 heteroatoms. The quantitative estimate of drug-likeness (QED) is 0.769. The number of carbonyl (C=O) groups excluding carboxylic acids is 1. The maximum Gasteiger partial charge on any atom is 0.313 e. The van der Waals surface area contributed by atoms with Gasteiger partial charge >= 0.3 is 5.97 Å². The smallest absolute Gasteiger partial charge is 0.313 e. The van der Waals surface area contributed by atoms with Crippen LogP contribution in [0.1, 0.15) is 52.4 Å². The molecule has 1 N–H and O–H groups in total. The Hall–Kier alpha value is -0.570. The molecule has 0 spiro atoms. The molecule has 98 valence electrons. The van der Waals surface area contributed by atoms with E-state index in [1.54, 1.807) is 0 Å². The highest BCUT2D eigenvalue weighted by Gasteiger charge is 2.46. The molecule has 2 aliphatic rings. The maximum atomic E-state index is 12.4. The molecule has 1 atom stereocenters. The molecule has 0 amide bonds. The van der Waals surface area contributed by atoms with Crippen LogP contribution >= 0.6 is 0 Å². The van der Waals surface area contributed by atoms with E-state index in [1.807, 2.05) is 0 Å². The molecule has 1 saturated carbocycles.